The molecule has 7 nitrogen and oxygen atoms in total. The molecule has 1 atom stereocenters. The summed E-state index contributed by atoms with van der Waals surface area (Å²) < 4.78 is 0. The number of hydrogen-bond acceptors (Lipinski definition) is 5. The molecule has 40 heavy (non-hydrogen) atoms. The van der Waals surface area contributed by atoms with E-state index in [4.69, 9.17) is 9.97 Å². The van der Waals surface area contributed by atoms with Crippen LogP contribution in [0.3, 0.4) is 0 Å². The Labute approximate surface area is 234 Å². The summed E-state index contributed by atoms with van der Waals surface area (Å²) in [6.07, 6.45) is 7.18. The van der Waals surface area contributed by atoms with Gasteiger partial charge in [-0.15, -0.1) is 0 Å². The van der Waals surface area contributed by atoms with Gasteiger partial charge in [0.05, 0.1) is 16.9 Å². The molecule has 4 heterocycles. The number of rotatable bonds is 7. The number of H-pyrrole nitrogens is 2. The highest BCUT2D eigenvalue weighted by Crippen LogP contribution is 2.35. The zero-order chi connectivity index (χ0) is 26.9. The Kier molecular flexibility index (Phi) is 6.65. The van der Waals surface area contributed by atoms with Crippen LogP contribution in [0.1, 0.15) is 48.7 Å². The lowest BCUT2D eigenvalue weighted by Crippen LogP contribution is -2.30. The SMILES string of the molecule is CC1C=C(N2CCCCC2)c2nc(-c3n[nH]c4ccc(-c5cccc(CNCc6ccccc6)c5)nc34)[nH]c2C1. The maximum Gasteiger partial charge on any atom is 0.161 e. The topological polar surface area (TPSA) is 85.5 Å². The molecular formula is C33H35N7. The lowest BCUT2D eigenvalue weighted by Gasteiger charge is -2.33. The standard InChI is InChI=1S/C33H35N7/c1-22-17-28-30(29(18-22)40-15-6-3-7-16-40)37-33(36-28)32-31-27(38-39-32)14-13-26(35-31)25-12-8-11-24(19-25)21-34-20-23-9-4-2-5-10-23/h2,4-5,8-14,18-19,22,34H,3,6-7,15-17,20-21H2,1H3,(H,36,37)(H,38,39). The van der Waals surface area contributed by atoms with E-state index in [0.717, 1.165) is 72.1 Å². The summed E-state index contributed by atoms with van der Waals surface area (Å²) >= 11 is 0. The van der Waals surface area contributed by atoms with Gasteiger partial charge in [-0.2, -0.15) is 5.10 Å². The number of benzene rings is 2. The molecule has 0 spiro atoms. The highest BCUT2D eigenvalue weighted by molar-refractivity contribution is 5.89. The van der Waals surface area contributed by atoms with E-state index in [2.05, 4.69) is 99.1 Å². The Bertz CT molecular complexity index is 1660. The number of hydrogen-bond donors (Lipinski definition) is 3. The quantitative estimate of drug-likeness (QED) is 0.230. The highest BCUT2D eigenvalue weighted by Gasteiger charge is 2.27. The summed E-state index contributed by atoms with van der Waals surface area (Å²) in [6, 6.07) is 23.2. The summed E-state index contributed by atoms with van der Waals surface area (Å²) in [5.74, 6) is 1.27. The predicted molar refractivity (Wildman–Crippen MR) is 160 cm³/mol. The zero-order valence-corrected chi connectivity index (χ0v) is 23.0. The first-order valence-electron chi connectivity index (χ1n) is 14.5. The van der Waals surface area contributed by atoms with Gasteiger partial charge in [0.15, 0.2) is 11.5 Å². The first-order chi connectivity index (χ1) is 19.7. The molecular weight excluding hydrogens is 494 g/mol. The van der Waals surface area contributed by atoms with Gasteiger partial charge < -0.3 is 15.2 Å². The van der Waals surface area contributed by atoms with Crippen molar-refractivity contribution in [2.24, 2.45) is 5.92 Å². The molecule has 3 aromatic heterocycles. The average Bonchev–Trinajstić information content (AvgIpc) is 3.61. The van der Waals surface area contributed by atoms with E-state index < -0.39 is 0 Å². The van der Waals surface area contributed by atoms with Gasteiger partial charge in [0.25, 0.3) is 0 Å². The molecule has 1 aliphatic heterocycles. The molecule has 2 aromatic carbocycles. The smallest absolute Gasteiger partial charge is 0.161 e. The van der Waals surface area contributed by atoms with Crippen LogP contribution in [0.5, 0.6) is 0 Å². The molecule has 5 aromatic rings. The lowest BCUT2D eigenvalue weighted by molar-refractivity contribution is 0.322. The van der Waals surface area contributed by atoms with Gasteiger partial charge in [0, 0.05) is 37.4 Å². The number of allylic oxidation sites excluding steroid dienone is 1. The normalized spacial score (nSPS) is 17.2. The van der Waals surface area contributed by atoms with Gasteiger partial charge >= 0.3 is 0 Å². The molecule has 7 rings (SSSR count). The second-order valence-electron chi connectivity index (χ2n) is 11.1. The van der Waals surface area contributed by atoms with E-state index in [1.165, 1.54) is 41.8 Å². The second-order valence-corrected chi connectivity index (χ2v) is 11.1. The lowest BCUT2D eigenvalue weighted by atomic mass is 9.94. The van der Waals surface area contributed by atoms with Gasteiger partial charge in [-0.05, 0) is 60.9 Å². The van der Waals surface area contributed by atoms with Crippen molar-refractivity contribution in [3.8, 4) is 22.8 Å². The van der Waals surface area contributed by atoms with E-state index in [9.17, 15) is 0 Å². The van der Waals surface area contributed by atoms with Crippen molar-refractivity contribution < 1.29 is 0 Å². The zero-order valence-electron chi connectivity index (χ0n) is 23.0. The average molecular weight is 530 g/mol. The van der Waals surface area contributed by atoms with Gasteiger partial charge in [-0.1, -0.05) is 61.5 Å². The molecule has 1 saturated heterocycles. The molecule has 0 bridgehead atoms. The first kappa shape index (κ1) is 24.8. The van der Waals surface area contributed by atoms with Gasteiger partial charge in [-0.3, -0.25) is 5.10 Å². The van der Waals surface area contributed by atoms with E-state index in [1.807, 2.05) is 6.07 Å². The number of likely N-dealkylation sites (tertiary alicyclic amines) is 1. The molecule has 1 unspecified atom stereocenters. The van der Waals surface area contributed by atoms with Crippen LogP contribution in [-0.2, 0) is 19.5 Å². The number of piperidine rings is 1. The number of pyridine rings is 1. The Morgan fingerprint density at radius 2 is 1.70 bits per heavy atom. The third-order valence-electron chi connectivity index (χ3n) is 8.04. The number of fused-ring (bicyclic) bond motifs is 2. The van der Waals surface area contributed by atoms with Crippen molar-refractivity contribution in [2.45, 2.75) is 45.7 Å². The van der Waals surface area contributed by atoms with Crippen molar-refractivity contribution >= 4 is 16.7 Å². The van der Waals surface area contributed by atoms with Crippen LogP contribution in [0, 0.1) is 5.92 Å². The Morgan fingerprint density at radius 3 is 2.58 bits per heavy atom. The van der Waals surface area contributed by atoms with Crippen LogP contribution in [0.15, 0.2) is 72.8 Å². The van der Waals surface area contributed by atoms with Crippen LogP contribution in [0.25, 0.3) is 39.5 Å². The van der Waals surface area contributed by atoms with E-state index in [1.54, 1.807) is 0 Å². The first-order valence-corrected chi connectivity index (χ1v) is 14.5. The van der Waals surface area contributed by atoms with Gasteiger partial charge in [0.2, 0.25) is 0 Å². The summed E-state index contributed by atoms with van der Waals surface area (Å²) in [6.45, 7) is 6.14. The number of aromatic amines is 2. The molecule has 202 valence electrons. The van der Waals surface area contributed by atoms with Gasteiger partial charge in [-0.25, -0.2) is 9.97 Å². The monoisotopic (exact) mass is 529 g/mol. The molecule has 7 heteroatoms. The largest absolute Gasteiger partial charge is 0.370 e. The molecule has 0 radical (unpaired) electrons. The van der Waals surface area contributed by atoms with Gasteiger partial charge in [0.1, 0.15) is 11.2 Å². The van der Waals surface area contributed by atoms with Crippen molar-refractivity contribution in [3.63, 3.8) is 0 Å². The van der Waals surface area contributed by atoms with Crippen LogP contribution in [0.4, 0.5) is 0 Å². The van der Waals surface area contributed by atoms with Crippen molar-refractivity contribution in [1.29, 1.82) is 0 Å². The third kappa shape index (κ3) is 4.93. The molecule has 2 aliphatic rings. The van der Waals surface area contributed by atoms with Crippen LogP contribution in [0.2, 0.25) is 0 Å². The molecule has 3 N–H and O–H groups in total. The van der Waals surface area contributed by atoms with Crippen LogP contribution >= 0.6 is 0 Å². The van der Waals surface area contributed by atoms with Crippen molar-refractivity contribution in [1.82, 2.24) is 35.4 Å². The maximum atomic E-state index is 5.11. The van der Waals surface area contributed by atoms with Crippen molar-refractivity contribution in [3.05, 3.63) is 95.3 Å². The summed E-state index contributed by atoms with van der Waals surface area (Å²) in [7, 11) is 0. The fourth-order valence-electron chi connectivity index (χ4n) is 6.01. The van der Waals surface area contributed by atoms with Crippen LogP contribution < -0.4 is 5.32 Å². The molecule has 1 aliphatic carbocycles. The minimum absolute atomic E-state index is 0.479. The van der Waals surface area contributed by atoms with E-state index in [0.29, 0.717) is 5.92 Å². The minimum atomic E-state index is 0.479. The fraction of sp³-hybridized carbons (Fsp3) is 0.303. The Hall–Kier alpha value is -4.23. The fourth-order valence-corrected chi connectivity index (χ4v) is 6.01. The Morgan fingerprint density at radius 1 is 0.875 bits per heavy atom. The van der Waals surface area contributed by atoms with Crippen LogP contribution in [-0.4, -0.2) is 43.1 Å². The summed E-state index contributed by atoms with van der Waals surface area (Å²) in [5, 5.41) is 11.4. The third-order valence-corrected chi connectivity index (χ3v) is 8.04. The highest BCUT2D eigenvalue weighted by atomic mass is 15.2. The van der Waals surface area contributed by atoms with E-state index >= 15 is 0 Å². The number of aromatic nitrogens is 5. The van der Waals surface area contributed by atoms with E-state index in [-0.39, 0.29) is 0 Å². The van der Waals surface area contributed by atoms with Crippen molar-refractivity contribution in [2.75, 3.05) is 13.1 Å². The summed E-state index contributed by atoms with van der Waals surface area (Å²) in [5.41, 5.74) is 10.6. The summed E-state index contributed by atoms with van der Waals surface area (Å²) in [4.78, 5) is 16.3. The second kappa shape index (κ2) is 10.7. The molecule has 0 saturated carbocycles. The molecule has 0 amide bonds. The number of nitrogens with one attached hydrogen (secondary N) is 3. The minimum Gasteiger partial charge on any atom is -0.370 e. The maximum absolute atomic E-state index is 5.11. The molecule has 1 fully saturated rings. The number of imidazole rings is 1. The Balaban J connectivity index is 1.16. The predicted octanol–water partition coefficient (Wildman–Crippen LogP) is 6.32. The number of nitrogens with zero attached hydrogens (tertiary/aromatic N) is 4.